The smallest absolute Gasteiger partial charge is 0.193 e. The number of thiazole rings is 1. The first-order valence-corrected chi connectivity index (χ1v) is 9.96. The molecule has 0 amide bonds. The Morgan fingerprint density at radius 2 is 2.25 bits per heavy atom. The normalized spacial score (nSPS) is 13.3. The summed E-state index contributed by atoms with van der Waals surface area (Å²) < 4.78 is 2.04. The maximum Gasteiger partial charge on any atom is 0.193 e. The fourth-order valence-electron chi connectivity index (χ4n) is 2.47. The zero-order valence-corrected chi connectivity index (χ0v) is 15.7. The van der Waals surface area contributed by atoms with Gasteiger partial charge in [-0.1, -0.05) is 13.0 Å². The molecule has 24 heavy (non-hydrogen) atoms. The van der Waals surface area contributed by atoms with E-state index in [1.807, 2.05) is 33.5 Å². The van der Waals surface area contributed by atoms with Crippen LogP contribution in [-0.2, 0) is 13.0 Å². The molecular formula is C17H23N5S2. The number of nitrogens with zero attached hydrogens (tertiary/aromatic N) is 3. The molecule has 2 N–H and O–H groups in total. The number of aliphatic imine (C=N–C) groups is 1. The van der Waals surface area contributed by atoms with Crippen LogP contribution in [0.1, 0.15) is 24.4 Å². The quantitative estimate of drug-likeness (QED) is 0.501. The monoisotopic (exact) mass is 361 g/mol. The van der Waals surface area contributed by atoms with Crippen molar-refractivity contribution in [3.05, 3.63) is 45.9 Å². The lowest BCUT2D eigenvalue weighted by molar-refractivity contribution is 0.562. The van der Waals surface area contributed by atoms with Crippen LogP contribution in [0.25, 0.3) is 4.96 Å². The van der Waals surface area contributed by atoms with Crippen molar-refractivity contribution in [3.8, 4) is 0 Å². The first kappa shape index (κ1) is 17.0. The number of rotatable bonds is 7. The molecule has 0 saturated carbocycles. The topological polar surface area (TPSA) is 53.7 Å². The Hall–Kier alpha value is -1.86. The fourth-order valence-corrected chi connectivity index (χ4v) is 4.06. The molecule has 1 atom stereocenters. The lowest BCUT2D eigenvalue weighted by Crippen LogP contribution is -2.39. The molecule has 128 valence electrons. The zero-order chi connectivity index (χ0) is 16.8. The van der Waals surface area contributed by atoms with Gasteiger partial charge >= 0.3 is 0 Å². The van der Waals surface area contributed by atoms with Crippen molar-refractivity contribution in [1.82, 2.24) is 20.0 Å². The summed E-state index contributed by atoms with van der Waals surface area (Å²) in [5, 5.41) is 10.9. The van der Waals surface area contributed by atoms with Crippen LogP contribution in [0.15, 0.2) is 40.3 Å². The van der Waals surface area contributed by atoms with Crippen LogP contribution >= 0.6 is 22.7 Å². The minimum absolute atomic E-state index is 0.561. The van der Waals surface area contributed by atoms with E-state index in [0.29, 0.717) is 12.5 Å². The van der Waals surface area contributed by atoms with E-state index in [2.05, 4.69) is 52.0 Å². The van der Waals surface area contributed by atoms with Crippen molar-refractivity contribution in [2.45, 2.75) is 26.8 Å². The van der Waals surface area contributed by atoms with Crippen LogP contribution in [0.5, 0.6) is 0 Å². The molecule has 0 aliphatic rings. The molecule has 3 aromatic rings. The van der Waals surface area contributed by atoms with E-state index in [4.69, 9.17) is 0 Å². The first-order chi connectivity index (χ1) is 11.7. The number of guanidine groups is 1. The predicted molar refractivity (Wildman–Crippen MR) is 103 cm³/mol. The van der Waals surface area contributed by atoms with Gasteiger partial charge in [0.15, 0.2) is 10.9 Å². The van der Waals surface area contributed by atoms with Crippen LogP contribution in [0.3, 0.4) is 0 Å². The second-order valence-corrected chi connectivity index (χ2v) is 7.70. The van der Waals surface area contributed by atoms with Gasteiger partial charge in [-0.3, -0.25) is 4.40 Å². The SMILES string of the molecule is CCNC(=NCc1cn2ccsc2n1)NCC(C)Cc1cccs1. The van der Waals surface area contributed by atoms with Crippen molar-refractivity contribution in [3.63, 3.8) is 0 Å². The summed E-state index contributed by atoms with van der Waals surface area (Å²) in [4.78, 5) is 11.7. The van der Waals surface area contributed by atoms with Gasteiger partial charge in [0.25, 0.3) is 0 Å². The molecule has 5 nitrogen and oxygen atoms in total. The summed E-state index contributed by atoms with van der Waals surface area (Å²) >= 11 is 3.46. The van der Waals surface area contributed by atoms with Gasteiger partial charge in [0.2, 0.25) is 0 Å². The average Bonchev–Trinajstić information content (AvgIpc) is 3.27. The van der Waals surface area contributed by atoms with E-state index in [1.54, 1.807) is 11.3 Å². The molecule has 0 saturated heterocycles. The lowest BCUT2D eigenvalue weighted by atomic mass is 10.1. The molecule has 0 bridgehead atoms. The highest BCUT2D eigenvalue weighted by atomic mass is 32.1. The molecule has 0 aliphatic heterocycles. The summed E-state index contributed by atoms with van der Waals surface area (Å²) in [5.41, 5.74) is 0.991. The van der Waals surface area contributed by atoms with E-state index >= 15 is 0 Å². The summed E-state index contributed by atoms with van der Waals surface area (Å²) in [5.74, 6) is 1.41. The van der Waals surface area contributed by atoms with Gasteiger partial charge in [0.1, 0.15) is 0 Å². The maximum atomic E-state index is 4.65. The number of hydrogen-bond donors (Lipinski definition) is 2. The van der Waals surface area contributed by atoms with Gasteiger partial charge in [-0.05, 0) is 30.7 Å². The van der Waals surface area contributed by atoms with Gasteiger partial charge < -0.3 is 10.6 Å². The Morgan fingerprint density at radius 1 is 1.33 bits per heavy atom. The molecule has 0 aromatic carbocycles. The lowest BCUT2D eigenvalue weighted by Gasteiger charge is -2.15. The Morgan fingerprint density at radius 3 is 3.00 bits per heavy atom. The molecule has 1 unspecified atom stereocenters. The van der Waals surface area contributed by atoms with Crippen LogP contribution in [-0.4, -0.2) is 28.4 Å². The Kier molecular flexibility index (Phi) is 5.87. The Balaban J connectivity index is 1.53. The van der Waals surface area contributed by atoms with Crippen LogP contribution in [0.2, 0.25) is 0 Å². The predicted octanol–water partition coefficient (Wildman–Crippen LogP) is 3.39. The van der Waals surface area contributed by atoms with Gasteiger partial charge in [0.05, 0.1) is 12.2 Å². The molecule has 0 aliphatic carbocycles. The second-order valence-electron chi connectivity index (χ2n) is 5.79. The highest BCUT2D eigenvalue weighted by Crippen LogP contribution is 2.14. The van der Waals surface area contributed by atoms with Gasteiger partial charge in [0, 0.05) is 35.7 Å². The molecule has 0 radical (unpaired) electrons. The van der Waals surface area contributed by atoms with Crippen molar-refractivity contribution in [2.24, 2.45) is 10.9 Å². The molecule has 0 fully saturated rings. The number of imidazole rings is 1. The average molecular weight is 362 g/mol. The largest absolute Gasteiger partial charge is 0.357 e. The first-order valence-electron chi connectivity index (χ1n) is 8.20. The molecule has 3 rings (SSSR count). The number of hydrogen-bond acceptors (Lipinski definition) is 4. The van der Waals surface area contributed by atoms with Gasteiger partial charge in [-0.25, -0.2) is 9.98 Å². The highest BCUT2D eigenvalue weighted by Gasteiger charge is 2.07. The summed E-state index contributed by atoms with van der Waals surface area (Å²) in [6, 6.07) is 4.31. The maximum absolute atomic E-state index is 4.65. The van der Waals surface area contributed by atoms with E-state index < -0.39 is 0 Å². The zero-order valence-electron chi connectivity index (χ0n) is 14.0. The summed E-state index contributed by atoms with van der Waals surface area (Å²) in [6.07, 6.45) is 5.16. The minimum atomic E-state index is 0.561. The third kappa shape index (κ3) is 4.58. The fraction of sp³-hybridized carbons (Fsp3) is 0.412. The van der Waals surface area contributed by atoms with Crippen LogP contribution < -0.4 is 10.6 Å². The third-order valence-electron chi connectivity index (χ3n) is 3.63. The standard InChI is InChI=1S/C17H23N5S2/c1-3-18-16(19-10-13(2)9-15-5-4-7-23-15)20-11-14-12-22-6-8-24-17(22)21-14/h4-8,12-13H,3,9-11H2,1-2H3,(H2,18,19,20). The molecule has 0 spiro atoms. The van der Waals surface area contributed by atoms with Crippen molar-refractivity contribution >= 4 is 33.6 Å². The van der Waals surface area contributed by atoms with E-state index in [9.17, 15) is 0 Å². The van der Waals surface area contributed by atoms with E-state index in [0.717, 1.165) is 36.1 Å². The van der Waals surface area contributed by atoms with Crippen molar-refractivity contribution in [2.75, 3.05) is 13.1 Å². The van der Waals surface area contributed by atoms with E-state index in [1.165, 1.54) is 4.88 Å². The number of nitrogens with one attached hydrogen (secondary N) is 2. The second kappa shape index (κ2) is 8.30. The van der Waals surface area contributed by atoms with Gasteiger partial charge in [-0.15, -0.1) is 22.7 Å². The minimum Gasteiger partial charge on any atom is -0.357 e. The molecule has 3 aromatic heterocycles. The summed E-state index contributed by atoms with van der Waals surface area (Å²) in [6.45, 7) is 6.69. The Bertz CT molecular complexity index is 743. The van der Waals surface area contributed by atoms with Crippen LogP contribution in [0.4, 0.5) is 0 Å². The van der Waals surface area contributed by atoms with E-state index in [-0.39, 0.29) is 0 Å². The molecule has 3 heterocycles. The number of aromatic nitrogens is 2. The third-order valence-corrected chi connectivity index (χ3v) is 5.30. The van der Waals surface area contributed by atoms with Crippen LogP contribution in [0, 0.1) is 5.92 Å². The van der Waals surface area contributed by atoms with Gasteiger partial charge in [-0.2, -0.15) is 0 Å². The number of thiophene rings is 1. The van der Waals surface area contributed by atoms with Crippen molar-refractivity contribution in [1.29, 1.82) is 0 Å². The van der Waals surface area contributed by atoms with Crippen molar-refractivity contribution < 1.29 is 0 Å². The Labute approximate surface area is 150 Å². The molecular weight excluding hydrogens is 338 g/mol. The molecule has 7 heteroatoms. The summed E-state index contributed by atoms with van der Waals surface area (Å²) in [7, 11) is 0. The number of fused-ring (bicyclic) bond motifs is 1. The highest BCUT2D eigenvalue weighted by molar-refractivity contribution is 7.15.